The summed E-state index contributed by atoms with van der Waals surface area (Å²) in [6.45, 7) is 3.97. The number of halogens is 6. The first-order chi connectivity index (χ1) is 18.7. The van der Waals surface area contributed by atoms with Crippen molar-refractivity contribution >= 4 is 17.8 Å². The molecule has 40 heavy (non-hydrogen) atoms. The smallest absolute Gasteiger partial charge is 0.382 e. The van der Waals surface area contributed by atoms with Crippen LogP contribution in [0.2, 0.25) is 0 Å². The van der Waals surface area contributed by atoms with Crippen molar-refractivity contribution in [3.63, 3.8) is 0 Å². The SMILES string of the molecule is CC(C)(SC1COC(C=Cc2ccc(C(F)(F)F)cc2)OC1)C(O)(Cn1cncn1)c1ccc(C(F)(F)F)cc1. The van der Waals surface area contributed by atoms with Gasteiger partial charge >= 0.3 is 12.4 Å². The van der Waals surface area contributed by atoms with Crippen LogP contribution < -0.4 is 0 Å². The number of rotatable bonds is 8. The first-order valence-electron chi connectivity index (χ1n) is 12.2. The average Bonchev–Trinajstić information content (AvgIpc) is 3.40. The summed E-state index contributed by atoms with van der Waals surface area (Å²) in [6.07, 6.45) is -3.73. The topological polar surface area (TPSA) is 69.4 Å². The Balaban J connectivity index is 1.43. The van der Waals surface area contributed by atoms with Gasteiger partial charge in [0.15, 0.2) is 6.29 Å². The Hall–Kier alpha value is -2.87. The molecule has 1 unspecified atom stereocenters. The molecule has 1 atom stereocenters. The van der Waals surface area contributed by atoms with Gasteiger partial charge in [-0.1, -0.05) is 30.3 Å². The minimum atomic E-state index is -4.51. The van der Waals surface area contributed by atoms with Crippen LogP contribution in [0.25, 0.3) is 6.08 Å². The number of ether oxygens (including phenoxy) is 2. The molecule has 1 fully saturated rings. The summed E-state index contributed by atoms with van der Waals surface area (Å²) < 4.78 is 89.7. The lowest BCUT2D eigenvalue weighted by Crippen LogP contribution is -2.50. The van der Waals surface area contributed by atoms with Crippen molar-refractivity contribution in [2.45, 2.75) is 54.6 Å². The van der Waals surface area contributed by atoms with Crippen molar-refractivity contribution in [2.75, 3.05) is 13.2 Å². The average molecular weight is 588 g/mol. The van der Waals surface area contributed by atoms with Crippen molar-refractivity contribution in [3.8, 4) is 0 Å². The second-order valence-electron chi connectivity index (χ2n) is 9.79. The molecule has 3 aromatic rings. The number of aromatic nitrogens is 3. The van der Waals surface area contributed by atoms with Crippen molar-refractivity contribution in [1.82, 2.24) is 14.8 Å². The third-order valence-electron chi connectivity index (χ3n) is 6.58. The fraction of sp³-hybridized carbons (Fsp3) is 0.407. The molecule has 1 aromatic heterocycles. The maximum Gasteiger partial charge on any atom is 0.416 e. The lowest BCUT2D eigenvalue weighted by atomic mass is 9.82. The van der Waals surface area contributed by atoms with Gasteiger partial charge in [0, 0.05) is 4.75 Å². The van der Waals surface area contributed by atoms with E-state index in [0.717, 1.165) is 24.3 Å². The third-order valence-corrected chi connectivity index (χ3v) is 8.11. The number of benzene rings is 2. The third kappa shape index (κ3) is 7.06. The Morgan fingerprint density at radius 2 is 1.43 bits per heavy atom. The van der Waals surface area contributed by atoms with Gasteiger partial charge in [-0.15, -0.1) is 11.8 Å². The highest BCUT2D eigenvalue weighted by molar-refractivity contribution is 8.01. The van der Waals surface area contributed by atoms with Crippen LogP contribution in [0.3, 0.4) is 0 Å². The standard InChI is InChI=1S/C27H27F6N3O3S/c1-24(2,25(37,15-36-17-34-16-35-36)19-8-10-21(11-9-19)27(31,32)33)40-22-13-38-23(39-14-22)12-5-18-3-6-20(7-4-18)26(28,29)30/h3-12,16-17,22-23,37H,13-15H2,1-2H3. The number of hydrogen-bond donors (Lipinski definition) is 1. The maximum atomic E-state index is 13.1. The molecule has 216 valence electrons. The van der Waals surface area contributed by atoms with Gasteiger partial charge < -0.3 is 14.6 Å². The molecule has 1 saturated heterocycles. The quantitative estimate of drug-likeness (QED) is 0.318. The van der Waals surface area contributed by atoms with Gasteiger partial charge in [-0.25, -0.2) is 9.67 Å². The van der Waals surface area contributed by atoms with E-state index in [9.17, 15) is 31.4 Å². The summed E-state index contributed by atoms with van der Waals surface area (Å²) in [7, 11) is 0. The second kappa shape index (κ2) is 11.6. The van der Waals surface area contributed by atoms with Crippen LogP contribution in [-0.2, 0) is 34.0 Å². The predicted molar refractivity (Wildman–Crippen MR) is 137 cm³/mol. The van der Waals surface area contributed by atoms with Crippen LogP contribution >= 0.6 is 11.8 Å². The normalized spacial score (nSPS) is 20.5. The van der Waals surface area contributed by atoms with Crippen LogP contribution in [0, 0.1) is 0 Å². The molecule has 0 saturated carbocycles. The molecule has 0 bridgehead atoms. The largest absolute Gasteiger partial charge is 0.416 e. The number of aliphatic hydroxyl groups is 1. The minimum Gasteiger partial charge on any atom is -0.382 e. The van der Waals surface area contributed by atoms with E-state index in [0.29, 0.717) is 5.56 Å². The molecule has 0 aliphatic carbocycles. The molecule has 2 aromatic carbocycles. The van der Waals surface area contributed by atoms with Crippen molar-refractivity contribution in [1.29, 1.82) is 0 Å². The molecule has 0 radical (unpaired) electrons. The fourth-order valence-electron chi connectivity index (χ4n) is 4.28. The lowest BCUT2D eigenvalue weighted by Gasteiger charge is -2.45. The van der Waals surface area contributed by atoms with Crippen molar-refractivity contribution in [2.24, 2.45) is 0 Å². The number of hydrogen-bond acceptors (Lipinski definition) is 6. The molecule has 1 N–H and O–H groups in total. The van der Waals surface area contributed by atoms with Crippen LogP contribution in [0.15, 0.2) is 67.3 Å². The molecule has 2 heterocycles. The van der Waals surface area contributed by atoms with E-state index in [1.165, 1.54) is 53.4 Å². The van der Waals surface area contributed by atoms with Gasteiger partial charge in [0.1, 0.15) is 18.3 Å². The van der Waals surface area contributed by atoms with Gasteiger partial charge in [-0.3, -0.25) is 0 Å². The molecule has 1 aliphatic rings. The van der Waals surface area contributed by atoms with Crippen molar-refractivity contribution in [3.05, 3.63) is 89.5 Å². The van der Waals surface area contributed by atoms with Crippen LogP contribution in [-0.4, -0.2) is 49.4 Å². The molecule has 0 spiro atoms. The minimum absolute atomic E-state index is 0.0642. The number of thioether (sulfide) groups is 1. The van der Waals surface area contributed by atoms with Gasteiger partial charge in [0.2, 0.25) is 0 Å². The highest BCUT2D eigenvalue weighted by Gasteiger charge is 2.48. The highest BCUT2D eigenvalue weighted by atomic mass is 32.2. The number of nitrogens with zero attached hydrogens (tertiary/aromatic N) is 3. The first kappa shape index (κ1) is 30.1. The molecular weight excluding hydrogens is 560 g/mol. The Bertz CT molecular complexity index is 1270. The molecular formula is C27H27F6N3O3S. The van der Waals surface area contributed by atoms with E-state index in [1.54, 1.807) is 26.0 Å². The predicted octanol–water partition coefficient (Wildman–Crippen LogP) is 6.17. The Labute approximate surface area is 231 Å². The van der Waals surface area contributed by atoms with Crippen molar-refractivity contribution < 1.29 is 40.9 Å². The molecule has 1 aliphatic heterocycles. The Morgan fingerprint density at radius 1 is 0.900 bits per heavy atom. The van der Waals surface area contributed by atoms with Gasteiger partial charge in [0.25, 0.3) is 0 Å². The fourth-order valence-corrected chi connectivity index (χ4v) is 5.78. The molecule has 4 rings (SSSR count). The number of alkyl halides is 6. The first-order valence-corrected chi connectivity index (χ1v) is 13.0. The molecule has 6 nitrogen and oxygen atoms in total. The Kier molecular flexibility index (Phi) is 8.69. The Morgan fingerprint density at radius 3 is 1.93 bits per heavy atom. The van der Waals surface area contributed by atoms with E-state index >= 15 is 0 Å². The summed E-state index contributed by atoms with van der Waals surface area (Å²) in [5.74, 6) is 0. The molecule has 13 heteroatoms. The van der Waals surface area contributed by atoms with E-state index in [1.807, 2.05) is 0 Å². The molecule has 0 amide bonds. The summed E-state index contributed by atoms with van der Waals surface area (Å²) in [6, 6.07) is 9.07. The zero-order chi connectivity index (χ0) is 29.2. The van der Waals surface area contributed by atoms with Crippen LogP contribution in [0.5, 0.6) is 0 Å². The zero-order valence-corrected chi connectivity index (χ0v) is 22.3. The lowest BCUT2D eigenvalue weighted by molar-refractivity contribution is -0.146. The van der Waals surface area contributed by atoms with E-state index in [4.69, 9.17) is 9.47 Å². The van der Waals surface area contributed by atoms with E-state index < -0.39 is 40.1 Å². The van der Waals surface area contributed by atoms with Crippen LogP contribution in [0.1, 0.15) is 36.1 Å². The monoisotopic (exact) mass is 587 g/mol. The second-order valence-corrected chi connectivity index (χ2v) is 11.7. The maximum absolute atomic E-state index is 13.1. The van der Waals surface area contributed by atoms with Gasteiger partial charge in [0.05, 0.1) is 36.1 Å². The summed E-state index contributed by atoms with van der Waals surface area (Å²) in [4.78, 5) is 3.90. The zero-order valence-electron chi connectivity index (χ0n) is 21.5. The summed E-state index contributed by atoms with van der Waals surface area (Å²) >= 11 is 1.36. The van der Waals surface area contributed by atoms with Gasteiger partial charge in [-0.05, 0) is 55.3 Å². The van der Waals surface area contributed by atoms with E-state index in [-0.39, 0.29) is 30.6 Å². The highest BCUT2D eigenvalue weighted by Crippen LogP contribution is 2.46. The summed E-state index contributed by atoms with van der Waals surface area (Å²) in [5, 5.41) is 15.8. The van der Waals surface area contributed by atoms with E-state index in [2.05, 4.69) is 10.1 Å². The summed E-state index contributed by atoms with van der Waals surface area (Å²) in [5.41, 5.74) is -2.39. The van der Waals surface area contributed by atoms with Gasteiger partial charge in [-0.2, -0.15) is 31.4 Å². The van der Waals surface area contributed by atoms with Crippen LogP contribution in [0.4, 0.5) is 26.3 Å².